The molecular formula is C20H19FN2O3S. The maximum Gasteiger partial charge on any atom is 0.337 e. The van der Waals surface area contributed by atoms with E-state index in [2.05, 4.69) is 5.32 Å². The molecule has 0 saturated carbocycles. The van der Waals surface area contributed by atoms with Crippen molar-refractivity contribution in [1.82, 2.24) is 5.32 Å². The second-order valence-corrected chi connectivity index (χ2v) is 6.35. The van der Waals surface area contributed by atoms with E-state index in [9.17, 15) is 9.18 Å². The van der Waals surface area contributed by atoms with Gasteiger partial charge in [-0.1, -0.05) is 12.1 Å². The minimum Gasteiger partial charge on any atom is -0.497 e. The van der Waals surface area contributed by atoms with Gasteiger partial charge in [-0.05, 0) is 61.1 Å². The van der Waals surface area contributed by atoms with Crippen molar-refractivity contribution in [3.63, 3.8) is 0 Å². The van der Waals surface area contributed by atoms with Gasteiger partial charge in [-0.3, -0.25) is 4.90 Å². The summed E-state index contributed by atoms with van der Waals surface area (Å²) in [5, 5.41) is 3.54. The Hall–Kier alpha value is -2.93. The molecule has 2 aromatic carbocycles. The third-order valence-corrected chi connectivity index (χ3v) is 4.70. The molecular weight excluding hydrogens is 367 g/mol. The molecule has 140 valence electrons. The number of allylic oxidation sites excluding steroid dienone is 1. The maximum atomic E-state index is 13.7. The predicted octanol–water partition coefficient (Wildman–Crippen LogP) is 3.72. The average Bonchev–Trinajstić information content (AvgIpc) is 2.67. The molecule has 0 spiro atoms. The van der Waals surface area contributed by atoms with Gasteiger partial charge < -0.3 is 14.8 Å². The van der Waals surface area contributed by atoms with Crippen molar-refractivity contribution in [2.75, 3.05) is 19.1 Å². The number of carbonyl (C=O) groups is 1. The molecule has 5 nitrogen and oxygen atoms in total. The van der Waals surface area contributed by atoms with Crippen molar-refractivity contribution in [3.05, 3.63) is 71.2 Å². The number of ether oxygens (including phenoxy) is 2. The lowest BCUT2D eigenvalue weighted by Crippen LogP contribution is -2.48. The Morgan fingerprint density at radius 1 is 1.19 bits per heavy atom. The summed E-state index contributed by atoms with van der Waals surface area (Å²) in [7, 11) is 2.90. The monoisotopic (exact) mass is 386 g/mol. The molecule has 2 aromatic rings. The second-order valence-electron chi connectivity index (χ2n) is 5.96. The highest BCUT2D eigenvalue weighted by Crippen LogP contribution is 2.34. The summed E-state index contributed by atoms with van der Waals surface area (Å²) in [6, 6.07) is 12.8. The van der Waals surface area contributed by atoms with Gasteiger partial charge in [-0.25, -0.2) is 9.18 Å². The van der Waals surface area contributed by atoms with Crippen LogP contribution in [0, 0.1) is 5.82 Å². The van der Waals surface area contributed by atoms with Gasteiger partial charge in [0, 0.05) is 11.4 Å². The first-order valence-corrected chi connectivity index (χ1v) is 8.66. The van der Waals surface area contributed by atoms with Crippen LogP contribution >= 0.6 is 12.2 Å². The SMILES string of the molecule is COC(=O)C1=C(C)N(c2ccc(OC)cc2)C(=S)NC1c1cccc(F)c1. The number of methoxy groups -OCH3 is 2. The Morgan fingerprint density at radius 3 is 2.48 bits per heavy atom. The van der Waals surface area contributed by atoms with Gasteiger partial charge in [0.2, 0.25) is 0 Å². The number of thiocarbonyl (C=S) groups is 1. The zero-order valence-corrected chi connectivity index (χ0v) is 16.0. The van der Waals surface area contributed by atoms with E-state index in [1.165, 1.54) is 19.2 Å². The summed E-state index contributed by atoms with van der Waals surface area (Å²) < 4.78 is 23.9. The Kier molecular flexibility index (Phi) is 5.41. The number of hydrogen-bond acceptors (Lipinski definition) is 4. The molecule has 27 heavy (non-hydrogen) atoms. The van der Waals surface area contributed by atoms with Crippen LogP contribution in [-0.2, 0) is 9.53 Å². The summed E-state index contributed by atoms with van der Waals surface area (Å²) in [6.07, 6.45) is 0. The number of nitrogens with zero attached hydrogens (tertiary/aromatic N) is 1. The maximum absolute atomic E-state index is 13.7. The van der Waals surface area contributed by atoms with E-state index in [4.69, 9.17) is 21.7 Å². The standard InChI is InChI=1S/C20H19FN2O3S/c1-12-17(19(24)26-3)18(13-5-4-6-14(21)11-13)22-20(27)23(12)15-7-9-16(25-2)10-8-15/h4-11,18H,1-3H3,(H,22,27). The molecule has 0 bridgehead atoms. The molecule has 1 heterocycles. The average molecular weight is 386 g/mol. The van der Waals surface area contributed by atoms with Gasteiger partial charge in [0.25, 0.3) is 0 Å². The Bertz CT molecular complexity index is 912. The highest BCUT2D eigenvalue weighted by atomic mass is 32.1. The van der Waals surface area contributed by atoms with Crippen molar-refractivity contribution in [2.45, 2.75) is 13.0 Å². The third-order valence-electron chi connectivity index (χ3n) is 4.40. The van der Waals surface area contributed by atoms with Crippen LogP contribution in [0.15, 0.2) is 59.8 Å². The van der Waals surface area contributed by atoms with Gasteiger partial charge in [0.1, 0.15) is 11.6 Å². The zero-order valence-electron chi connectivity index (χ0n) is 15.2. The highest BCUT2D eigenvalue weighted by molar-refractivity contribution is 7.80. The first-order chi connectivity index (χ1) is 13.0. The zero-order chi connectivity index (χ0) is 19.6. The molecule has 1 aliphatic heterocycles. The van der Waals surface area contributed by atoms with E-state index < -0.39 is 12.0 Å². The third kappa shape index (κ3) is 3.64. The Morgan fingerprint density at radius 2 is 1.89 bits per heavy atom. The van der Waals surface area contributed by atoms with Gasteiger partial charge in [0.15, 0.2) is 5.11 Å². The fraction of sp³-hybridized carbons (Fsp3) is 0.200. The largest absolute Gasteiger partial charge is 0.497 e. The lowest BCUT2D eigenvalue weighted by atomic mass is 9.94. The lowest BCUT2D eigenvalue weighted by molar-refractivity contribution is -0.136. The summed E-state index contributed by atoms with van der Waals surface area (Å²) in [5.41, 5.74) is 2.34. The van der Waals surface area contributed by atoms with Gasteiger partial charge in [-0.15, -0.1) is 0 Å². The van der Waals surface area contributed by atoms with Crippen LogP contribution in [0.2, 0.25) is 0 Å². The number of carbonyl (C=O) groups excluding carboxylic acids is 1. The number of esters is 1. The topological polar surface area (TPSA) is 50.8 Å². The number of hydrogen-bond donors (Lipinski definition) is 1. The van der Waals surface area contributed by atoms with Crippen molar-refractivity contribution in [1.29, 1.82) is 0 Å². The molecule has 1 atom stereocenters. The predicted molar refractivity (Wildman–Crippen MR) is 105 cm³/mol. The van der Waals surface area contributed by atoms with Crippen LogP contribution in [0.3, 0.4) is 0 Å². The molecule has 1 unspecified atom stereocenters. The molecule has 1 N–H and O–H groups in total. The van der Waals surface area contributed by atoms with Gasteiger partial charge >= 0.3 is 5.97 Å². The van der Waals surface area contributed by atoms with E-state index in [1.807, 2.05) is 24.3 Å². The fourth-order valence-electron chi connectivity index (χ4n) is 3.10. The van der Waals surface area contributed by atoms with E-state index in [0.717, 1.165) is 5.69 Å². The summed E-state index contributed by atoms with van der Waals surface area (Å²) in [4.78, 5) is 14.3. The van der Waals surface area contributed by atoms with Crippen LogP contribution < -0.4 is 15.0 Å². The van der Waals surface area contributed by atoms with Crippen LogP contribution in [0.5, 0.6) is 5.75 Å². The molecule has 1 aliphatic rings. The highest BCUT2D eigenvalue weighted by Gasteiger charge is 2.35. The van der Waals surface area contributed by atoms with Crippen LogP contribution in [0.4, 0.5) is 10.1 Å². The molecule has 0 aromatic heterocycles. The lowest BCUT2D eigenvalue weighted by Gasteiger charge is -2.37. The van der Waals surface area contributed by atoms with Crippen molar-refractivity contribution < 1.29 is 18.7 Å². The molecule has 3 rings (SSSR count). The number of rotatable bonds is 4. The molecule has 0 radical (unpaired) electrons. The molecule has 0 amide bonds. The van der Waals surface area contributed by atoms with E-state index in [0.29, 0.717) is 27.7 Å². The minimum atomic E-state index is -0.602. The van der Waals surface area contributed by atoms with Crippen molar-refractivity contribution in [2.24, 2.45) is 0 Å². The summed E-state index contributed by atoms with van der Waals surface area (Å²) >= 11 is 5.54. The second kappa shape index (κ2) is 7.75. The van der Waals surface area contributed by atoms with Crippen LogP contribution in [-0.4, -0.2) is 25.3 Å². The first-order valence-electron chi connectivity index (χ1n) is 8.25. The number of nitrogens with one attached hydrogen (secondary N) is 1. The van der Waals surface area contributed by atoms with E-state index >= 15 is 0 Å². The number of anilines is 1. The van der Waals surface area contributed by atoms with Crippen molar-refractivity contribution >= 4 is 29.0 Å². The summed E-state index contributed by atoms with van der Waals surface area (Å²) in [6.45, 7) is 1.79. The van der Waals surface area contributed by atoms with Crippen LogP contribution in [0.25, 0.3) is 0 Å². The van der Waals surface area contributed by atoms with E-state index in [-0.39, 0.29) is 5.82 Å². The smallest absolute Gasteiger partial charge is 0.337 e. The quantitative estimate of drug-likeness (QED) is 0.639. The van der Waals surface area contributed by atoms with Crippen LogP contribution in [0.1, 0.15) is 18.5 Å². The molecule has 7 heteroatoms. The normalized spacial score (nSPS) is 16.8. The molecule has 0 aliphatic carbocycles. The Balaban J connectivity index is 2.11. The number of halogens is 1. The molecule has 0 fully saturated rings. The Labute approximate surface area is 162 Å². The first kappa shape index (κ1) is 18.8. The summed E-state index contributed by atoms with van der Waals surface area (Å²) in [5.74, 6) is -0.183. The minimum absolute atomic E-state index is 0.368. The van der Waals surface area contributed by atoms with E-state index in [1.54, 1.807) is 31.1 Å². The van der Waals surface area contributed by atoms with Gasteiger partial charge in [0.05, 0.1) is 25.8 Å². The van der Waals surface area contributed by atoms with Gasteiger partial charge in [-0.2, -0.15) is 0 Å². The molecule has 0 saturated heterocycles. The number of benzene rings is 2. The fourth-order valence-corrected chi connectivity index (χ4v) is 3.46. The van der Waals surface area contributed by atoms with Crippen molar-refractivity contribution in [3.8, 4) is 5.75 Å².